The van der Waals surface area contributed by atoms with Crippen molar-refractivity contribution < 1.29 is 23.8 Å². The van der Waals surface area contributed by atoms with E-state index in [1.807, 2.05) is 36.4 Å². The fourth-order valence-corrected chi connectivity index (χ4v) is 3.75. The van der Waals surface area contributed by atoms with Crippen LogP contribution in [0.5, 0.6) is 17.2 Å². The topological polar surface area (TPSA) is 61.8 Å². The summed E-state index contributed by atoms with van der Waals surface area (Å²) in [7, 11) is 1.59. The summed E-state index contributed by atoms with van der Waals surface area (Å²) in [5.74, 6) is 1.07. The van der Waals surface area contributed by atoms with Gasteiger partial charge in [-0.15, -0.1) is 0 Å². The molecule has 1 aliphatic rings. The summed E-state index contributed by atoms with van der Waals surface area (Å²) in [6.07, 6.45) is 1.81. The van der Waals surface area contributed by atoms with Crippen LogP contribution >= 0.6 is 15.9 Å². The molecule has 0 saturated carbocycles. The maximum Gasteiger partial charge on any atom is 0.315 e. The molecular formula is C25H19BrO5. The summed E-state index contributed by atoms with van der Waals surface area (Å²) in [5.41, 5.74) is 2.81. The third-order valence-electron chi connectivity index (χ3n) is 4.87. The molecule has 0 amide bonds. The Bertz CT molecular complexity index is 1200. The molecule has 5 nitrogen and oxygen atoms in total. The second-order valence-corrected chi connectivity index (χ2v) is 7.93. The van der Waals surface area contributed by atoms with Crippen LogP contribution in [0.4, 0.5) is 0 Å². The molecule has 0 saturated heterocycles. The van der Waals surface area contributed by atoms with Crippen LogP contribution in [0.15, 0.2) is 70.9 Å². The van der Waals surface area contributed by atoms with Gasteiger partial charge < -0.3 is 14.2 Å². The van der Waals surface area contributed by atoms with Gasteiger partial charge in [-0.1, -0.05) is 46.3 Å². The average Bonchev–Trinajstić information content (AvgIpc) is 3.05. The van der Waals surface area contributed by atoms with Crippen LogP contribution in [-0.2, 0) is 11.2 Å². The summed E-state index contributed by atoms with van der Waals surface area (Å²) < 4.78 is 17.3. The van der Waals surface area contributed by atoms with Gasteiger partial charge in [-0.3, -0.25) is 9.59 Å². The number of aryl methyl sites for hydroxylation is 1. The minimum atomic E-state index is -0.405. The standard InChI is InChI=1S/C25H19BrO5/c1-15-11-19(30-23(27)12-16-7-9-18(29-2)10-8-16)14-21-24(15)25(28)22(31-21)13-17-5-3-4-6-20(17)26/h3-11,13-14H,12H2,1-2H3/b22-13-. The zero-order valence-corrected chi connectivity index (χ0v) is 18.6. The summed E-state index contributed by atoms with van der Waals surface area (Å²) in [6, 6.07) is 18.0. The Balaban J connectivity index is 1.52. The second-order valence-electron chi connectivity index (χ2n) is 7.07. The highest BCUT2D eigenvalue weighted by Crippen LogP contribution is 2.38. The lowest BCUT2D eigenvalue weighted by Crippen LogP contribution is -2.11. The van der Waals surface area contributed by atoms with Crippen molar-refractivity contribution in [2.75, 3.05) is 7.11 Å². The first-order chi connectivity index (χ1) is 14.9. The fraction of sp³-hybridized carbons (Fsp3) is 0.120. The molecule has 0 spiro atoms. The van der Waals surface area contributed by atoms with Crippen LogP contribution in [-0.4, -0.2) is 18.9 Å². The Hall–Kier alpha value is -3.38. The van der Waals surface area contributed by atoms with E-state index in [1.54, 1.807) is 44.4 Å². The Morgan fingerprint density at radius 1 is 1.06 bits per heavy atom. The van der Waals surface area contributed by atoms with Crippen LogP contribution in [0.25, 0.3) is 6.08 Å². The molecule has 1 heterocycles. The Kier molecular flexibility index (Phi) is 5.91. The predicted octanol–water partition coefficient (Wildman–Crippen LogP) is 5.53. The van der Waals surface area contributed by atoms with Gasteiger partial charge in [0.25, 0.3) is 0 Å². The fourth-order valence-electron chi connectivity index (χ4n) is 3.35. The van der Waals surface area contributed by atoms with Crippen LogP contribution in [0.3, 0.4) is 0 Å². The van der Waals surface area contributed by atoms with E-state index in [2.05, 4.69) is 15.9 Å². The third kappa shape index (κ3) is 4.54. The zero-order chi connectivity index (χ0) is 22.0. The van der Waals surface area contributed by atoms with E-state index in [1.165, 1.54) is 0 Å². The largest absolute Gasteiger partial charge is 0.497 e. The van der Waals surface area contributed by atoms with Gasteiger partial charge in [-0.2, -0.15) is 0 Å². The molecule has 31 heavy (non-hydrogen) atoms. The molecule has 1 aliphatic heterocycles. The normalized spacial score (nSPS) is 13.6. The number of carbonyl (C=O) groups excluding carboxylic acids is 2. The number of ether oxygens (including phenoxy) is 3. The minimum absolute atomic E-state index is 0.118. The van der Waals surface area contributed by atoms with E-state index in [9.17, 15) is 9.59 Å². The van der Waals surface area contributed by atoms with E-state index < -0.39 is 5.97 Å². The number of benzene rings is 3. The minimum Gasteiger partial charge on any atom is -0.497 e. The summed E-state index contributed by atoms with van der Waals surface area (Å²) >= 11 is 3.47. The highest BCUT2D eigenvalue weighted by Gasteiger charge is 2.30. The lowest BCUT2D eigenvalue weighted by molar-refractivity contribution is -0.133. The highest BCUT2D eigenvalue weighted by molar-refractivity contribution is 9.10. The Morgan fingerprint density at radius 2 is 1.81 bits per heavy atom. The molecule has 3 aromatic rings. The van der Waals surface area contributed by atoms with Gasteiger partial charge in [0, 0.05) is 10.5 Å². The molecule has 3 aromatic carbocycles. The van der Waals surface area contributed by atoms with E-state index in [0.29, 0.717) is 22.6 Å². The second kappa shape index (κ2) is 8.78. The lowest BCUT2D eigenvalue weighted by Gasteiger charge is -2.08. The van der Waals surface area contributed by atoms with Crippen LogP contribution in [0.1, 0.15) is 27.0 Å². The lowest BCUT2D eigenvalue weighted by atomic mass is 10.0. The van der Waals surface area contributed by atoms with Crippen molar-refractivity contribution in [1.29, 1.82) is 0 Å². The third-order valence-corrected chi connectivity index (χ3v) is 5.60. The van der Waals surface area contributed by atoms with Gasteiger partial charge in [-0.05, 0) is 54.0 Å². The number of hydrogen-bond acceptors (Lipinski definition) is 5. The molecule has 0 N–H and O–H groups in total. The first-order valence-corrected chi connectivity index (χ1v) is 10.4. The molecule has 0 bridgehead atoms. The first kappa shape index (κ1) is 20.9. The molecule has 0 radical (unpaired) electrons. The van der Waals surface area contributed by atoms with Gasteiger partial charge in [-0.25, -0.2) is 0 Å². The maximum absolute atomic E-state index is 12.8. The molecule has 0 fully saturated rings. The van der Waals surface area contributed by atoms with Crippen molar-refractivity contribution in [3.05, 3.63) is 93.1 Å². The predicted molar refractivity (Wildman–Crippen MR) is 121 cm³/mol. The van der Waals surface area contributed by atoms with Crippen molar-refractivity contribution in [3.63, 3.8) is 0 Å². The molecule has 6 heteroatoms. The smallest absolute Gasteiger partial charge is 0.315 e. The Labute approximate surface area is 188 Å². The highest BCUT2D eigenvalue weighted by atomic mass is 79.9. The van der Waals surface area contributed by atoms with Gasteiger partial charge >= 0.3 is 5.97 Å². The van der Waals surface area contributed by atoms with Gasteiger partial charge in [0.2, 0.25) is 5.78 Å². The number of ketones is 1. The number of Topliss-reactive ketones (excluding diaryl/α,β-unsaturated/α-hetero) is 1. The van der Waals surface area contributed by atoms with E-state index in [0.717, 1.165) is 21.3 Å². The molecule has 4 rings (SSSR count). The molecule has 0 unspecified atom stereocenters. The molecule has 156 valence electrons. The number of rotatable bonds is 5. The first-order valence-electron chi connectivity index (χ1n) is 9.61. The van der Waals surface area contributed by atoms with Crippen molar-refractivity contribution in [3.8, 4) is 17.2 Å². The van der Waals surface area contributed by atoms with Crippen LogP contribution in [0, 0.1) is 6.92 Å². The van der Waals surface area contributed by atoms with Crippen molar-refractivity contribution >= 4 is 33.8 Å². The SMILES string of the molecule is COc1ccc(CC(=O)Oc2cc(C)c3c(c2)O/C(=C\c2ccccc2Br)C3=O)cc1. The molecular weight excluding hydrogens is 460 g/mol. The van der Waals surface area contributed by atoms with E-state index in [-0.39, 0.29) is 18.0 Å². The van der Waals surface area contributed by atoms with E-state index in [4.69, 9.17) is 14.2 Å². The number of fused-ring (bicyclic) bond motifs is 1. The summed E-state index contributed by atoms with van der Waals surface area (Å²) in [5, 5.41) is 0. The molecule has 0 atom stereocenters. The molecule has 0 aromatic heterocycles. The van der Waals surface area contributed by atoms with Crippen LogP contribution < -0.4 is 14.2 Å². The van der Waals surface area contributed by atoms with Gasteiger partial charge in [0.05, 0.1) is 19.1 Å². The number of esters is 1. The number of methoxy groups -OCH3 is 1. The van der Waals surface area contributed by atoms with Gasteiger partial charge in [0.1, 0.15) is 17.2 Å². The average molecular weight is 479 g/mol. The van der Waals surface area contributed by atoms with Crippen molar-refractivity contribution in [2.24, 2.45) is 0 Å². The molecule has 0 aliphatic carbocycles. The van der Waals surface area contributed by atoms with Crippen molar-refractivity contribution in [2.45, 2.75) is 13.3 Å². The summed E-state index contributed by atoms with van der Waals surface area (Å²) in [4.78, 5) is 25.2. The maximum atomic E-state index is 12.8. The zero-order valence-electron chi connectivity index (χ0n) is 17.0. The number of allylic oxidation sites excluding steroid dienone is 1. The summed E-state index contributed by atoms with van der Waals surface area (Å²) in [6.45, 7) is 1.79. The monoisotopic (exact) mass is 478 g/mol. The van der Waals surface area contributed by atoms with Crippen molar-refractivity contribution in [1.82, 2.24) is 0 Å². The quantitative estimate of drug-likeness (QED) is 0.274. The van der Waals surface area contributed by atoms with Gasteiger partial charge in [0.15, 0.2) is 5.76 Å². The number of halogens is 1. The Morgan fingerprint density at radius 3 is 2.52 bits per heavy atom. The van der Waals surface area contributed by atoms with E-state index >= 15 is 0 Å². The van der Waals surface area contributed by atoms with Crippen LogP contribution in [0.2, 0.25) is 0 Å². The number of hydrogen-bond donors (Lipinski definition) is 0. The number of carbonyl (C=O) groups is 2.